The smallest absolute Gasteiger partial charge is 0.256 e. The summed E-state index contributed by atoms with van der Waals surface area (Å²) < 4.78 is 15.3. The van der Waals surface area contributed by atoms with Crippen molar-refractivity contribution < 1.29 is 9.18 Å². The van der Waals surface area contributed by atoms with Gasteiger partial charge >= 0.3 is 0 Å². The minimum absolute atomic E-state index is 0.241. The quantitative estimate of drug-likeness (QED) is 0.505. The molecule has 1 aliphatic rings. The maximum Gasteiger partial charge on any atom is 0.256 e. The zero-order valence-electron chi connectivity index (χ0n) is 16.8. The van der Waals surface area contributed by atoms with Crippen LogP contribution in [0.5, 0.6) is 0 Å². The van der Waals surface area contributed by atoms with E-state index in [9.17, 15) is 9.18 Å². The van der Waals surface area contributed by atoms with Gasteiger partial charge in [-0.05, 0) is 68.7 Å². The molecular formula is C24H21FN4O. The number of fused-ring (bicyclic) bond motifs is 1. The van der Waals surface area contributed by atoms with Crippen molar-refractivity contribution in [1.82, 2.24) is 14.8 Å². The van der Waals surface area contributed by atoms with E-state index < -0.39 is 0 Å². The number of nitrogens with zero attached hydrogens (tertiary/aromatic N) is 3. The van der Waals surface area contributed by atoms with Crippen LogP contribution in [-0.2, 0) is 0 Å². The summed E-state index contributed by atoms with van der Waals surface area (Å²) in [6.45, 7) is 3.66. The third-order valence-electron chi connectivity index (χ3n) is 5.51. The zero-order chi connectivity index (χ0) is 20.8. The van der Waals surface area contributed by atoms with Crippen LogP contribution in [0.4, 0.5) is 10.1 Å². The summed E-state index contributed by atoms with van der Waals surface area (Å²) in [5, 5.41) is 8.36. The standard InChI is InChI=1S/C24H21FN4O/c1-14-12-17(25)10-11-20(14)27-24(30)19-13-21(16-8-9-16)26-23-22(19)15(2)28-29(23)18-6-4-3-5-7-18/h3-7,10-13,16H,8-9H2,1-2H3,(H,27,30). The van der Waals surface area contributed by atoms with Crippen LogP contribution < -0.4 is 5.32 Å². The highest BCUT2D eigenvalue weighted by Crippen LogP contribution is 2.40. The normalized spacial score (nSPS) is 13.6. The van der Waals surface area contributed by atoms with Gasteiger partial charge in [0.2, 0.25) is 0 Å². The Bertz CT molecular complexity index is 1280. The van der Waals surface area contributed by atoms with Gasteiger partial charge in [-0.15, -0.1) is 0 Å². The molecule has 150 valence electrons. The van der Waals surface area contributed by atoms with Gasteiger partial charge in [0.15, 0.2) is 5.65 Å². The van der Waals surface area contributed by atoms with Crippen molar-refractivity contribution in [3.8, 4) is 5.69 Å². The maximum absolute atomic E-state index is 13.4. The first-order valence-corrected chi connectivity index (χ1v) is 10.0. The summed E-state index contributed by atoms with van der Waals surface area (Å²) >= 11 is 0. The van der Waals surface area contributed by atoms with Crippen LogP contribution in [0.3, 0.4) is 0 Å². The predicted octanol–water partition coefficient (Wildman–Crippen LogP) is 5.31. The fraction of sp³-hybridized carbons (Fsp3) is 0.208. The minimum Gasteiger partial charge on any atom is -0.322 e. The third kappa shape index (κ3) is 3.24. The van der Waals surface area contributed by atoms with Gasteiger partial charge in [0.05, 0.1) is 22.3 Å². The molecule has 0 unspecified atom stereocenters. The second-order valence-electron chi connectivity index (χ2n) is 7.81. The lowest BCUT2D eigenvalue weighted by atomic mass is 10.1. The molecule has 4 aromatic rings. The van der Waals surface area contributed by atoms with Gasteiger partial charge in [-0.25, -0.2) is 14.1 Å². The number of nitrogens with one attached hydrogen (secondary N) is 1. The van der Waals surface area contributed by atoms with Crippen molar-refractivity contribution in [2.24, 2.45) is 0 Å². The van der Waals surface area contributed by atoms with Crippen LogP contribution in [0.2, 0.25) is 0 Å². The number of para-hydroxylation sites is 1. The monoisotopic (exact) mass is 400 g/mol. The van der Waals surface area contributed by atoms with Crippen LogP contribution >= 0.6 is 0 Å². The van der Waals surface area contributed by atoms with Crippen molar-refractivity contribution in [3.63, 3.8) is 0 Å². The predicted molar refractivity (Wildman–Crippen MR) is 115 cm³/mol. The Morgan fingerprint density at radius 1 is 1.10 bits per heavy atom. The van der Waals surface area contributed by atoms with Gasteiger partial charge < -0.3 is 5.32 Å². The molecule has 2 heterocycles. The molecule has 0 saturated heterocycles. The molecule has 1 aliphatic carbocycles. The molecule has 0 radical (unpaired) electrons. The average Bonchev–Trinajstić information content (AvgIpc) is 3.54. The molecule has 2 aromatic carbocycles. The number of carbonyl (C=O) groups is 1. The van der Waals surface area contributed by atoms with Gasteiger partial charge in [-0.2, -0.15) is 5.10 Å². The Morgan fingerprint density at radius 3 is 2.57 bits per heavy atom. The number of halogens is 1. The highest BCUT2D eigenvalue weighted by atomic mass is 19.1. The zero-order valence-corrected chi connectivity index (χ0v) is 16.8. The fourth-order valence-corrected chi connectivity index (χ4v) is 3.78. The Kier molecular flexibility index (Phi) is 4.35. The number of anilines is 1. The Hall–Kier alpha value is -3.54. The molecule has 1 saturated carbocycles. The molecule has 0 spiro atoms. The molecule has 6 heteroatoms. The van der Waals surface area contributed by atoms with Gasteiger partial charge in [0.25, 0.3) is 5.91 Å². The number of benzene rings is 2. The largest absolute Gasteiger partial charge is 0.322 e. The molecular weight excluding hydrogens is 379 g/mol. The summed E-state index contributed by atoms with van der Waals surface area (Å²) in [5.74, 6) is -0.185. The van der Waals surface area contributed by atoms with E-state index in [0.29, 0.717) is 28.4 Å². The second-order valence-corrected chi connectivity index (χ2v) is 7.81. The van der Waals surface area contributed by atoms with E-state index >= 15 is 0 Å². The average molecular weight is 400 g/mol. The van der Waals surface area contributed by atoms with Crippen LogP contribution in [0.15, 0.2) is 54.6 Å². The van der Waals surface area contributed by atoms with E-state index in [0.717, 1.165) is 35.3 Å². The van der Waals surface area contributed by atoms with E-state index in [1.165, 1.54) is 12.1 Å². The lowest BCUT2D eigenvalue weighted by Gasteiger charge is -2.11. The highest BCUT2D eigenvalue weighted by molar-refractivity contribution is 6.13. The topological polar surface area (TPSA) is 59.8 Å². The van der Waals surface area contributed by atoms with Crippen molar-refractivity contribution in [2.45, 2.75) is 32.6 Å². The Balaban J connectivity index is 1.65. The molecule has 30 heavy (non-hydrogen) atoms. The van der Waals surface area contributed by atoms with Crippen LogP contribution in [0, 0.1) is 19.7 Å². The van der Waals surface area contributed by atoms with Crippen molar-refractivity contribution >= 4 is 22.6 Å². The summed E-state index contributed by atoms with van der Waals surface area (Å²) in [5.41, 5.74) is 5.05. The first kappa shape index (κ1) is 18.5. The number of pyridine rings is 1. The maximum atomic E-state index is 13.4. The summed E-state index contributed by atoms with van der Waals surface area (Å²) in [6.07, 6.45) is 2.16. The SMILES string of the molecule is Cc1cc(F)ccc1NC(=O)c1cc(C2CC2)nc2c1c(C)nn2-c1ccccc1. The van der Waals surface area contributed by atoms with Crippen molar-refractivity contribution in [2.75, 3.05) is 5.32 Å². The van der Waals surface area contributed by atoms with Crippen LogP contribution in [0.25, 0.3) is 16.7 Å². The number of aryl methyl sites for hydroxylation is 2. The van der Waals surface area contributed by atoms with Gasteiger partial charge in [0, 0.05) is 17.3 Å². The summed E-state index contributed by atoms with van der Waals surface area (Å²) in [4.78, 5) is 18.2. The van der Waals surface area contributed by atoms with E-state index in [-0.39, 0.29) is 11.7 Å². The van der Waals surface area contributed by atoms with Gasteiger partial charge in [-0.3, -0.25) is 4.79 Å². The molecule has 0 bridgehead atoms. The molecule has 0 aliphatic heterocycles. The van der Waals surface area contributed by atoms with Crippen molar-refractivity contribution in [3.05, 3.63) is 82.9 Å². The molecule has 2 aromatic heterocycles. The van der Waals surface area contributed by atoms with E-state index in [4.69, 9.17) is 4.98 Å². The number of hydrogen-bond donors (Lipinski definition) is 1. The highest BCUT2D eigenvalue weighted by Gasteiger charge is 2.29. The second kappa shape index (κ2) is 7.06. The third-order valence-corrected chi connectivity index (χ3v) is 5.51. The molecule has 1 N–H and O–H groups in total. The van der Waals surface area contributed by atoms with Crippen LogP contribution in [-0.4, -0.2) is 20.7 Å². The Labute approximate surface area is 173 Å². The number of carbonyl (C=O) groups excluding carboxylic acids is 1. The molecule has 1 fully saturated rings. The number of rotatable bonds is 4. The molecule has 5 rings (SSSR count). The number of hydrogen-bond acceptors (Lipinski definition) is 3. The minimum atomic E-state index is -0.326. The first-order chi connectivity index (χ1) is 14.5. The first-order valence-electron chi connectivity index (χ1n) is 10.0. The number of amides is 1. The van der Waals surface area contributed by atoms with Crippen LogP contribution in [0.1, 0.15) is 46.1 Å². The van der Waals surface area contributed by atoms with E-state index in [1.807, 2.05) is 43.3 Å². The van der Waals surface area contributed by atoms with Crippen molar-refractivity contribution in [1.29, 1.82) is 0 Å². The number of aromatic nitrogens is 3. The summed E-state index contributed by atoms with van der Waals surface area (Å²) in [6, 6.07) is 16.0. The van der Waals surface area contributed by atoms with E-state index in [1.54, 1.807) is 17.7 Å². The van der Waals surface area contributed by atoms with Gasteiger partial charge in [-0.1, -0.05) is 18.2 Å². The Morgan fingerprint density at radius 2 is 1.87 bits per heavy atom. The molecule has 1 amide bonds. The fourth-order valence-electron chi connectivity index (χ4n) is 3.78. The van der Waals surface area contributed by atoms with Gasteiger partial charge in [0.1, 0.15) is 5.82 Å². The molecule has 0 atom stereocenters. The lowest BCUT2D eigenvalue weighted by molar-refractivity contribution is 0.102. The molecule has 5 nitrogen and oxygen atoms in total. The lowest BCUT2D eigenvalue weighted by Crippen LogP contribution is -2.14. The summed E-state index contributed by atoms with van der Waals surface area (Å²) in [7, 11) is 0. The van der Waals surface area contributed by atoms with E-state index in [2.05, 4.69) is 10.4 Å².